The Balaban J connectivity index is 0.000000256. The third-order valence-electron chi connectivity index (χ3n) is 2.72. The van der Waals surface area contributed by atoms with Crippen molar-refractivity contribution in [1.82, 2.24) is 0 Å². The normalized spacial score (nSPS) is 9.16. The van der Waals surface area contributed by atoms with E-state index in [0.29, 0.717) is 0 Å². The van der Waals surface area contributed by atoms with E-state index < -0.39 is 0 Å². The molecule has 0 aromatic heterocycles. The van der Waals surface area contributed by atoms with Crippen molar-refractivity contribution in [1.29, 1.82) is 0 Å². The molecule has 0 unspecified atom stereocenters. The third kappa shape index (κ3) is 4.50. The first kappa shape index (κ1) is 16.0. The van der Waals surface area contributed by atoms with Gasteiger partial charge in [-0.2, -0.15) is 12.1 Å². The van der Waals surface area contributed by atoms with Crippen molar-refractivity contribution in [3.05, 3.63) is 82.8 Å². The Morgan fingerprint density at radius 3 is 1.95 bits per heavy atom. The summed E-state index contributed by atoms with van der Waals surface area (Å²) in [5.41, 5.74) is 3.82. The molecule has 0 amide bonds. The quantitative estimate of drug-likeness (QED) is 0.397. The van der Waals surface area contributed by atoms with E-state index >= 15 is 0 Å². The second-order valence-corrected chi connectivity index (χ2v) is 4.87. The summed E-state index contributed by atoms with van der Waals surface area (Å²) < 4.78 is 1.20. The summed E-state index contributed by atoms with van der Waals surface area (Å²) in [4.78, 5) is 0. The fourth-order valence-electron chi connectivity index (χ4n) is 1.74. The van der Waals surface area contributed by atoms with Crippen LogP contribution in [-0.4, -0.2) is 0 Å². The molecular formula is C17H15BrFe-6. The van der Waals surface area contributed by atoms with Crippen molar-refractivity contribution in [3.63, 3.8) is 0 Å². The van der Waals surface area contributed by atoms with Gasteiger partial charge in [-0.15, -0.1) is 39.7 Å². The topological polar surface area (TPSA) is 0 Å². The fraction of sp³-hybridized carbons (Fsp3) is 0.0588. The van der Waals surface area contributed by atoms with Crippen LogP contribution >= 0.6 is 15.9 Å². The fourth-order valence-corrected chi connectivity index (χ4v) is 2.24. The Labute approximate surface area is 133 Å². The van der Waals surface area contributed by atoms with Gasteiger partial charge in [0.2, 0.25) is 0 Å². The van der Waals surface area contributed by atoms with E-state index in [2.05, 4.69) is 65.3 Å². The van der Waals surface area contributed by atoms with E-state index in [1.54, 1.807) is 0 Å². The molecule has 0 nitrogen and oxygen atoms in total. The maximum atomic E-state index is 3.60. The first-order valence-corrected chi connectivity index (χ1v) is 6.72. The summed E-state index contributed by atoms with van der Waals surface area (Å²) in [5, 5.41) is 0. The molecule has 0 aliphatic heterocycles. The van der Waals surface area contributed by atoms with Crippen LogP contribution in [-0.2, 0) is 17.1 Å². The second-order valence-electron chi connectivity index (χ2n) is 4.07. The van der Waals surface area contributed by atoms with Crippen LogP contribution in [0.1, 0.15) is 5.56 Å². The molecule has 0 N–H and O–H groups in total. The molecule has 0 heterocycles. The van der Waals surface area contributed by atoms with E-state index in [9.17, 15) is 0 Å². The van der Waals surface area contributed by atoms with Gasteiger partial charge in [0.15, 0.2) is 0 Å². The van der Waals surface area contributed by atoms with E-state index in [0.717, 1.165) is 0 Å². The molecule has 0 saturated heterocycles. The largest absolute Gasteiger partial charge is 0.748 e. The number of halogens is 1. The summed E-state index contributed by atoms with van der Waals surface area (Å²) in [6, 6.07) is 24.7. The van der Waals surface area contributed by atoms with Crippen molar-refractivity contribution >= 4 is 15.9 Å². The Bertz CT molecular complexity index is 548. The summed E-state index contributed by atoms with van der Waals surface area (Å²) in [6.45, 7) is 2.11. The van der Waals surface area contributed by atoms with Crippen LogP contribution in [0.3, 0.4) is 0 Å². The maximum Gasteiger partial charge on any atom is 0 e. The van der Waals surface area contributed by atoms with Gasteiger partial charge in [0.25, 0.3) is 0 Å². The number of hydrogen-bond donors (Lipinski definition) is 0. The summed E-state index contributed by atoms with van der Waals surface area (Å²) in [6.07, 6.45) is 0. The number of aryl methyl sites for hydroxylation is 1. The Kier molecular flexibility index (Phi) is 6.86. The Morgan fingerprint density at radius 1 is 0.895 bits per heavy atom. The number of hydrogen-bond acceptors (Lipinski definition) is 0. The van der Waals surface area contributed by atoms with Crippen molar-refractivity contribution in [2.75, 3.05) is 0 Å². The maximum absolute atomic E-state index is 3.60. The van der Waals surface area contributed by atoms with Crippen LogP contribution in [0.25, 0.3) is 11.1 Å². The van der Waals surface area contributed by atoms with Crippen LogP contribution in [0.5, 0.6) is 0 Å². The average Bonchev–Trinajstić information content (AvgIpc) is 3.07. The molecule has 0 aliphatic rings. The molecular weight excluding hydrogens is 340 g/mol. The molecule has 19 heavy (non-hydrogen) atoms. The van der Waals surface area contributed by atoms with Gasteiger partial charge in [0, 0.05) is 17.1 Å². The van der Waals surface area contributed by atoms with Gasteiger partial charge >= 0.3 is 0 Å². The minimum absolute atomic E-state index is 0. The smallest absolute Gasteiger partial charge is 0 e. The SMILES string of the molecule is Cc1cccc(-[c-]2cccc2)c1Br.[Fe].[cH-]1[cH-][cH-][cH-][cH-]1. The molecule has 0 bridgehead atoms. The Morgan fingerprint density at radius 2 is 1.42 bits per heavy atom. The minimum atomic E-state index is 0. The predicted molar refractivity (Wildman–Crippen MR) is 81.9 cm³/mol. The molecule has 2 heteroatoms. The van der Waals surface area contributed by atoms with Crippen molar-refractivity contribution < 1.29 is 17.1 Å². The standard InChI is InChI=1S/C12H10Br.C5H5.Fe/c1-9-5-4-8-11(12(9)13)10-6-2-3-7-10;1-2-4-5-3-1;/h2-8H,1H3;1-5H;/q-1;-5;. The summed E-state index contributed by atoms with van der Waals surface area (Å²) >= 11 is 3.60. The van der Waals surface area contributed by atoms with Crippen LogP contribution in [0.2, 0.25) is 0 Å². The van der Waals surface area contributed by atoms with Crippen LogP contribution in [0, 0.1) is 6.92 Å². The third-order valence-corrected chi connectivity index (χ3v) is 3.77. The van der Waals surface area contributed by atoms with Gasteiger partial charge < -0.3 is 30.3 Å². The monoisotopic (exact) mass is 354 g/mol. The van der Waals surface area contributed by atoms with Gasteiger partial charge in [-0.1, -0.05) is 23.3 Å². The zero-order valence-electron chi connectivity index (χ0n) is 10.7. The van der Waals surface area contributed by atoms with Gasteiger partial charge in [0.05, 0.1) is 0 Å². The zero-order chi connectivity index (χ0) is 12.8. The van der Waals surface area contributed by atoms with Crippen molar-refractivity contribution in [3.8, 4) is 11.1 Å². The van der Waals surface area contributed by atoms with Gasteiger partial charge in [-0.25, -0.2) is 0 Å². The van der Waals surface area contributed by atoms with E-state index in [-0.39, 0.29) is 17.1 Å². The van der Waals surface area contributed by atoms with E-state index in [1.165, 1.54) is 21.2 Å². The van der Waals surface area contributed by atoms with Crippen LogP contribution in [0.15, 0.2) is 77.3 Å². The Hall–Kier alpha value is -1.08. The second kappa shape index (κ2) is 8.16. The molecule has 0 spiro atoms. The number of rotatable bonds is 1. The molecule has 0 saturated carbocycles. The summed E-state index contributed by atoms with van der Waals surface area (Å²) in [7, 11) is 0. The molecule has 3 aromatic rings. The van der Waals surface area contributed by atoms with E-state index in [4.69, 9.17) is 0 Å². The molecule has 0 atom stereocenters. The van der Waals surface area contributed by atoms with Gasteiger partial charge in [0.1, 0.15) is 0 Å². The average molecular weight is 355 g/mol. The minimum Gasteiger partial charge on any atom is -0.748 e. The van der Waals surface area contributed by atoms with Crippen molar-refractivity contribution in [2.45, 2.75) is 6.92 Å². The van der Waals surface area contributed by atoms with E-state index in [1.807, 2.05) is 30.3 Å². The molecule has 3 aromatic carbocycles. The van der Waals surface area contributed by atoms with Crippen LogP contribution in [0.4, 0.5) is 0 Å². The number of benzene rings is 1. The molecule has 0 aliphatic carbocycles. The van der Waals surface area contributed by atoms with Gasteiger partial charge in [-0.3, -0.25) is 0 Å². The van der Waals surface area contributed by atoms with Gasteiger partial charge in [-0.05, 0) is 11.4 Å². The molecule has 0 fully saturated rings. The van der Waals surface area contributed by atoms with Crippen LogP contribution < -0.4 is 0 Å². The zero-order valence-corrected chi connectivity index (χ0v) is 13.3. The molecule has 3 rings (SSSR count). The van der Waals surface area contributed by atoms with Crippen molar-refractivity contribution in [2.24, 2.45) is 0 Å². The molecule has 0 radical (unpaired) electrons. The predicted octanol–water partition coefficient (Wildman–Crippen LogP) is 5.55. The molecule has 104 valence electrons. The first-order valence-electron chi connectivity index (χ1n) is 5.93. The summed E-state index contributed by atoms with van der Waals surface area (Å²) in [5.74, 6) is 0. The first-order chi connectivity index (χ1) is 8.79.